The molecule has 0 aliphatic heterocycles. The molecule has 3 N–H and O–H groups in total. The first-order chi connectivity index (χ1) is 16.2. The van der Waals surface area contributed by atoms with E-state index in [1.807, 2.05) is 75.1 Å². The van der Waals surface area contributed by atoms with E-state index in [1.165, 1.54) is 0 Å². The van der Waals surface area contributed by atoms with Crippen LogP contribution in [0.4, 0.5) is 17.1 Å². The largest absolute Gasteiger partial charge is 0.508 e. The molecule has 34 heavy (non-hydrogen) atoms. The fourth-order valence-corrected chi connectivity index (χ4v) is 4.08. The molecule has 0 saturated heterocycles. The molecule has 0 amide bonds. The van der Waals surface area contributed by atoms with E-state index in [-0.39, 0.29) is 17.2 Å². The standard InChI is InChI=1S/C29H29NO4/c1-17-12-19(3)27(32)15-24(17)30(25-16-28(33)20(4)13-18(25)2)22-8-6-9-23(14-22)34-29-11-7-10-26(31)21(29)5/h6-16,31-33H,1-5H3. The normalized spacial score (nSPS) is 10.9. The van der Waals surface area contributed by atoms with Gasteiger partial charge in [-0.05, 0) is 81.1 Å². The van der Waals surface area contributed by atoms with Gasteiger partial charge in [0.2, 0.25) is 0 Å². The Balaban J connectivity index is 1.88. The molecule has 174 valence electrons. The number of benzene rings is 4. The smallest absolute Gasteiger partial charge is 0.134 e. The Kier molecular flexibility index (Phi) is 6.12. The minimum atomic E-state index is 0.173. The fraction of sp³-hybridized carbons (Fsp3) is 0.172. The molecule has 0 bridgehead atoms. The average molecular weight is 456 g/mol. The van der Waals surface area contributed by atoms with Crippen molar-refractivity contribution in [2.45, 2.75) is 34.6 Å². The van der Waals surface area contributed by atoms with Gasteiger partial charge >= 0.3 is 0 Å². The molecule has 0 heterocycles. The first-order valence-corrected chi connectivity index (χ1v) is 11.1. The summed E-state index contributed by atoms with van der Waals surface area (Å²) in [6.07, 6.45) is 0. The number of phenolic OH excluding ortho intramolecular Hbond substituents is 3. The van der Waals surface area contributed by atoms with Crippen molar-refractivity contribution in [2.75, 3.05) is 4.90 Å². The highest BCUT2D eigenvalue weighted by atomic mass is 16.5. The van der Waals surface area contributed by atoms with Crippen molar-refractivity contribution in [2.24, 2.45) is 0 Å². The van der Waals surface area contributed by atoms with E-state index in [0.717, 1.165) is 39.3 Å². The van der Waals surface area contributed by atoms with Crippen LogP contribution in [-0.2, 0) is 0 Å². The van der Waals surface area contributed by atoms with E-state index in [4.69, 9.17) is 4.74 Å². The Morgan fingerprint density at radius 2 is 1.15 bits per heavy atom. The molecular weight excluding hydrogens is 426 g/mol. The van der Waals surface area contributed by atoms with Gasteiger partial charge in [0.15, 0.2) is 0 Å². The summed E-state index contributed by atoms with van der Waals surface area (Å²) < 4.78 is 6.11. The number of aromatic hydroxyl groups is 3. The van der Waals surface area contributed by atoms with Crippen LogP contribution in [0.2, 0.25) is 0 Å². The maximum atomic E-state index is 10.5. The SMILES string of the molecule is Cc1cc(C)c(N(c2cccc(Oc3cccc(O)c3C)c2)c2cc(O)c(C)cc2C)cc1O. The minimum absolute atomic E-state index is 0.173. The highest BCUT2D eigenvalue weighted by Crippen LogP contribution is 2.43. The van der Waals surface area contributed by atoms with Gasteiger partial charge < -0.3 is 25.0 Å². The van der Waals surface area contributed by atoms with Crippen molar-refractivity contribution >= 4 is 17.1 Å². The van der Waals surface area contributed by atoms with Gasteiger partial charge in [0.05, 0.1) is 11.4 Å². The summed E-state index contributed by atoms with van der Waals surface area (Å²) in [6.45, 7) is 9.53. The van der Waals surface area contributed by atoms with Crippen molar-refractivity contribution < 1.29 is 20.1 Å². The summed E-state index contributed by atoms with van der Waals surface area (Å²) in [7, 11) is 0. The lowest BCUT2D eigenvalue weighted by Crippen LogP contribution is -2.13. The van der Waals surface area contributed by atoms with Gasteiger partial charge in [0.25, 0.3) is 0 Å². The van der Waals surface area contributed by atoms with Crippen LogP contribution < -0.4 is 9.64 Å². The molecule has 0 fully saturated rings. The topological polar surface area (TPSA) is 73.2 Å². The van der Waals surface area contributed by atoms with Crippen LogP contribution in [0, 0.1) is 34.6 Å². The Hall–Kier alpha value is -4.12. The Morgan fingerprint density at radius 1 is 0.588 bits per heavy atom. The zero-order chi connectivity index (χ0) is 24.6. The number of rotatable bonds is 5. The molecule has 0 aliphatic rings. The molecule has 4 rings (SSSR count). The predicted molar refractivity (Wildman–Crippen MR) is 136 cm³/mol. The van der Waals surface area contributed by atoms with Crippen LogP contribution >= 0.6 is 0 Å². The third-order valence-electron chi connectivity index (χ3n) is 6.07. The van der Waals surface area contributed by atoms with Gasteiger partial charge in [-0.1, -0.05) is 24.3 Å². The number of hydrogen-bond acceptors (Lipinski definition) is 5. The predicted octanol–water partition coefficient (Wildman–Crippen LogP) is 7.61. The van der Waals surface area contributed by atoms with Gasteiger partial charge in [0.1, 0.15) is 28.7 Å². The molecule has 0 aliphatic carbocycles. The first kappa shape index (κ1) is 23.1. The third-order valence-corrected chi connectivity index (χ3v) is 6.07. The molecule has 5 heteroatoms. The van der Waals surface area contributed by atoms with Crippen LogP contribution in [0.3, 0.4) is 0 Å². The van der Waals surface area contributed by atoms with Crippen molar-refractivity contribution in [3.05, 3.63) is 94.5 Å². The lowest BCUT2D eigenvalue weighted by molar-refractivity contribution is 0.448. The molecule has 0 saturated carbocycles. The maximum absolute atomic E-state index is 10.5. The Morgan fingerprint density at radius 3 is 1.74 bits per heavy atom. The summed E-state index contributed by atoms with van der Waals surface area (Å²) in [6, 6.07) is 20.1. The third kappa shape index (κ3) is 4.37. The van der Waals surface area contributed by atoms with Crippen LogP contribution in [-0.4, -0.2) is 15.3 Å². The second-order valence-corrected chi connectivity index (χ2v) is 8.69. The first-order valence-electron chi connectivity index (χ1n) is 11.1. The Labute approximate surface area is 200 Å². The van der Waals surface area contributed by atoms with Gasteiger partial charge in [-0.2, -0.15) is 0 Å². The second kappa shape index (κ2) is 9.02. The number of anilines is 3. The van der Waals surface area contributed by atoms with Crippen molar-refractivity contribution in [3.63, 3.8) is 0 Å². The van der Waals surface area contributed by atoms with Crippen molar-refractivity contribution in [1.82, 2.24) is 0 Å². The van der Waals surface area contributed by atoms with E-state index >= 15 is 0 Å². The van der Waals surface area contributed by atoms with E-state index < -0.39 is 0 Å². The van der Waals surface area contributed by atoms with Gasteiger partial charge in [-0.15, -0.1) is 0 Å². The molecule has 4 aromatic rings. The molecule has 5 nitrogen and oxygen atoms in total. The molecule has 0 radical (unpaired) electrons. The van der Waals surface area contributed by atoms with Crippen LogP contribution in [0.15, 0.2) is 66.7 Å². The lowest BCUT2D eigenvalue weighted by atomic mass is 10.0. The average Bonchev–Trinajstić information content (AvgIpc) is 2.79. The van der Waals surface area contributed by atoms with E-state index in [9.17, 15) is 15.3 Å². The van der Waals surface area contributed by atoms with Crippen LogP contribution in [0.1, 0.15) is 27.8 Å². The van der Waals surface area contributed by atoms with Crippen LogP contribution in [0.5, 0.6) is 28.7 Å². The summed E-state index contributed by atoms with van der Waals surface area (Å²) in [5.41, 5.74) is 6.58. The summed E-state index contributed by atoms with van der Waals surface area (Å²) in [5.74, 6) is 1.73. The molecule has 0 atom stereocenters. The van der Waals surface area contributed by atoms with Gasteiger partial charge in [-0.3, -0.25) is 0 Å². The summed E-state index contributed by atoms with van der Waals surface area (Å²) >= 11 is 0. The monoisotopic (exact) mass is 455 g/mol. The molecule has 0 unspecified atom stereocenters. The lowest BCUT2D eigenvalue weighted by Gasteiger charge is -2.29. The van der Waals surface area contributed by atoms with Crippen molar-refractivity contribution in [1.29, 1.82) is 0 Å². The number of aryl methyl sites for hydroxylation is 4. The zero-order valence-electron chi connectivity index (χ0n) is 20.0. The zero-order valence-corrected chi connectivity index (χ0v) is 20.0. The quantitative estimate of drug-likeness (QED) is 0.289. The van der Waals surface area contributed by atoms with E-state index in [2.05, 4.69) is 0 Å². The fourth-order valence-electron chi connectivity index (χ4n) is 4.08. The minimum Gasteiger partial charge on any atom is -0.508 e. The highest BCUT2D eigenvalue weighted by Gasteiger charge is 2.20. The van der Waals surface area contributed by atoms with Crippen molar-refractivity contribution in [3.8, 4) is 28.7 Å². The number of ether oxygens (including phenoxy) is 1. The number of phenols is 3. The van der Waals surface area contributed by atoms with E-state index in [1.54, 1.807) is 31.2 Å². The highest BCUT2D eigenvalue weighted by molar-refractivity contribution is 5.82. The number of hydrogen-bond donors (Lipinski definition) is 3. The Bertz CT molecular complexity index is 1320. The van der Waals surface area contributed by atoms with E-state index in [0.29, 0.717) is 17.1 Å². The molecule has 0 aromatic heterocycles. The summed E-state index contributed by atoms with van der Waals surface area (Å²) in [4.78, 5) is 2.01. The van der Waals surface area contributed by atoms with Gasteiger partial charge in [-0.25, -0.2) is 0 Å². The van der Waals surface area contributed by atoms with Crippen LogP contribution in [0.25, 0.3) is 0 Å². The second-order valence-electron chi connectivity index (χ2n) is 8.69. The number of nitrogens with zero attached hydrogens (tertiary/aromatic N) is 1. The molecule has 4 aromatic carbocycles. The maximum Gasteiger partial charge on any atom is 0.134 e. The van der Waals surface area contributed by atoms with Gasteiger partial charge in [0, 0.05) is 29.4 Å². The molecule has 0 spiro atoms. The summed E-state index contributed by atoms with van der Waals surface area (Å²) in [5, 5.41) is 31.1. The molecular formula is C29H29NO4.